The van der Waals surface area contributed by atoms with E-state index in [-0.39, 0.29) is 10.7 Å². The Labute approximate surface area is 195 Å². The molecule has 0 radical (unpaired) electrons. The Hall–Kier alpha value is -3.96. The summed E-state index contributed by atoms with van der Waals surface area (Å²) in [5.41, 5.74) is 9.11. The molecule has 3 heterocycles. The van der Waals surface area contributed by atoms with Crippen molar-refractivity contribution in [3.05, 3.63) is 71.7 Å². The number of nitrogens with zero attached hydrogens (tertiary/aromatic N) is 4. The third kappa shape index (κ3) is 3.84. The van der Waals surface area contributed by atoms with Gasteiger partial charge in [0.15, 0.2) is 11.4 Å². The lowest BCUT2D eigenvalue weighted by Gasteiger charge is -2.10. The zero-order valence-corrected chi connectivity index (χ0v) is 19.3. The van der Waals surface area contributed by atoms with Gasteiger partial charge in [0.25, 0.3) is 10.0 Å². The molecular weight excluding hydrogens is 456 g/mol. The summed E-state index contributed by atoms with van der Waals surface area (Å²) in [5.74, 6) is 0.456. The summed E-state index contributed by atoms with van der Waals surface area (Å²) in [5, 5.41) is 9.44. The minimum absolute atomic E-state index is 0.0348. The van der Waals surface area contributed by atoms with E-state index in [0.29, 0.717) is 35.3 Å². The molecule has 0 amide bonds. The highest BCUT2D eigenvalue weighted by Gasteiger charge is 2.24. The van der Waals surface area contributed by atoms with Crippen LogP contribution in [-0.2, 0) is 23.1 Å². The van der Waals surface area contributed by atoms with Crippen molar-refractivity contribution >= 4 is 37.7 Å². The number of hydrogen-bond donors (Lipinski definition) is 2. The molecule has 0 aliphatic carbocycles. The van der Waals surface area contributed by atoms with E-state index in [1.165, 1.54) is 13.2 Å². The number of ether oxygens (including phenoxy) is 1. The number of para-hydroxylation sites is 1. The number of sulfonamides is 1. The van der Waals surface area contributed by atoms with Gasteiger partial charge in [0.2, 0.25) is 0 Å². The van der Waals surface area contributed by atoms with Crippen LogP contribution >= 0.6 is 0 Å². The monoisotopic (exact) mass is 478 g/mol. The molecule has 0 atom stereocenters. The molecule has 0 saturated heterocycles. The van der Waals surface area contributed by atoms with Crippen molar-refractivity contribution in [2.24, 2.45) is 5.73 Å². The molecule has 10 nitrogen and oxygen atoms in total. The Morgan fingerprint density at radius 3 is 2.82 bits per heavy atom. The van der Waals surface area contributed by atoms with Crippen LogP contribution in [0.1, 0.15) is 16.7 Å². The van der Waals surface area contributed by atoms with Gasteiger partial charge < -0.3 is 15.0 Å². The molecule has 174 valence electrons. The predicted octanol–water partition coefficient (Wildman–Crippen LogP) is 3.20. The second-order valence-corrected chi connectivity index (χ2v) is 9.49. The molecule has 0 unspecified atom stereocenters. The summed E-state index contributed by atoms with van der Waals surface area (Å²) in [7, 11) is -2.52. The number of aryl methyl sites for hydroxylation is 1. The zero-order valence-electron chi connectivity index (χ0n) is 18.5. The van der Waals surface area contributed by atoms with Crippen molar-refractivity contribution in [2.45, 2.75) is 24.9 Å². The zero-order chi connectivity index (χ0) is 23.9. The molecule has 5 rings (SSSR count). The second kappa shape index (κ2) is 8.43. The van der Waals surface area contributed by atoms with E-state index in [4.69, 9.17) is 15.0 Å². The van der Waals surface area contributed by atoms with Crippen molar-refractivity contribution in [2.75, 3.05) is 11.8 Å². The first-order chi connectivity index (χ1) is 16.4. The number of rotatable bonds is 7. The summed E-state index contributed by atoms with van der Waals surface area (Å²) in [6.07, 6.45) is 5.15. The first-order valence-corrected chi connectivity index (χ1v) is 11.9. The van der Waals surface area contributed by atoms with Crippen LogP contribution in [0.5, 0.6) is 5.75 Å². The number of methoxy groups -OCH3 is 1. The fourth-order valence-corrected chi connectivity index (χ4v) is 5.06. The van der Waals surface area contributed by atoms with Gasteiger partial charge in [-0.25, -0.2) is 8.42 Å². The number of fused-ring (bicyclic) bond motifs is 2. The highest BCUT2D eigenvalue weighted by atomic mass is 32.2. The van der Waals surface area contributed by atoms with Crippen LogP contribution in [0.4, 0.5) is 5.82 Å². The average Bonchev–Trinajstić information content (AvgIpc) is 3.45. The van der Waals surface area contributed by atoms with Crippen LogP contribution in [0.25, 0.3) is 21.9 Å². The largest absolute Gasteiger partial charge is 0.496 e. The molecule has 2 aromatic carbocycles. The first-order valence-electron chi connectivity index (χ1n) is 10.4. The number of nitrogens with one attached hydrogen (secondary N) is 1. The van der Waals surface area contributed by atoms with E-state index in [2.05, 4.69) is 20.0 Å². The van der Waals surface area contributed by atoms with Crippen molar-refractivity contribution in [3.8, 4) is 5.75 Å². The van der Waals surface area contributed by atoms with Crippen LogP contribution in [0, 0.1) is 6.92 Å². The number of aromatic nitrogens is 4. The minimum atomic E-state index is -4.02. The maximum Gasteiger partial charge on any atom is 0.265 e. The van der Waals surface area contributed by atoms with Gasteiger partial charge in [0.05, 0.1) is 25.4 Å². The molecule has 5 aromatic rings. The van der Waals surface area contributed by atoms with E-state index in [1.54, 1.807) is 35.3 Å². The molecular formula is C23H22N6O4S. The van der Waals surface area contributed by atoms with Gasteiger partial charge in [-0.05, 0) is 42.3 Å². The summed E-state index contributed by atoms with van der Waals surface area (Å²) in [4.78, 5) is 4.34. The normalized spacial score (nSPS) is 11.9. The highest BCUT2D eigenvalue weighted by Crippen LogP contribution is 2.35. The number of hydrogen-bond acceptors (Lipinski definition) is 8. The topological polar surface area (TPSA) is 138 Å². The van der Waals surface area contributed by atoms with Crippen LogP contribution in [0.2, 0.25) is 0 Å². The fourth-order valence-electron chi connectivity index (χ4n) is 3.88. The predicted molar refractivity (Wildman–Crippen MR) is 127 cm³/mol. The molecule has 0 spiro atoms. The number of nitrogens with two attached hydrogens (primary N) is 1. The van der Waals surface area contributed by atoms with Crippen molar-refractivity contribution in [1.29, 1.82) is 0 Å². The molecule has 0 fully saturated rings. The average molecular weight is 479 g/mol. The molecule has 3 N–H and O–H groups in total. The van der Waals surface area contributed by atoms with Gasteiger partial charge in [0.1, 0.15) is 16.0 Å². The quantitative estimate of drug-likeness (QED) is 0.364. The molecule has 34 heavy (non-hydrogen) atoms. The summed E-state index contributed by atoms with van der Waals surface area (Å²) in [6.45, 7) is 2.76. The lowest BCUT2D eigenvalue weighted by molar-refractivity contribution is 0.418. The van der Waals surface area contributed by atoms with E-state index in [9.17, 15) is 8.42 Å². The molecule has 0 aliphatic rings. The van der Waals surface area contributed by atoms with Crippen LogP contribution in [-0.4, -0.2) is 35.4 Å². The Balaban J connectivity index is 1.53. The highest BCUT2D eigenvalue weighted by molar-refractivity contribution is 7.93. The third-order valence-electron chi connectivity index (χ3n) is 5.56. The van der Waals surface area contributed by atoms with Crippen LogP contribution < -0.4 is 15.2 Å². The minimum Gasteiger partial charge on any atom is -0.496 e. The Morgan fingerprint density at radius 2 is 2.06 bits per heavy atom. The SMILES string of the molecule is COc1cc(Cn2cc(CN)cn2)cc2onc(NS(=O)(=O)c3cccc4c(C)ccnc34)c12. The number of pyridine rings is 1. The smallest absolute Gasteiger partial charge is 0.265 e. The summed E-state index contributed by atoms with van der Waals surface area (Å²) < 4.78 is 41.9. The standard InChI is InChI=1S/C23H22N6O4S/c1-14-6-7-25-22-17(14)4-3-5-20(22)34(30,31)28-23-21-18(32-2)8-15(9-19(21)33-27-23)12-29-13-16(10-24)11-26-29/h3-9,11,13H,10,12,24H2,1-2H3,(H,27,28). The maximum absolute atomic E-state index is 13.3. The van der Waals surface area contributed by atoms with Gasteiger partial charge in [-0.15, -0.1) is 0 Å². The lowest BCUT2D eigenvalue weighted by Crippen LogP contribution is -2.14. The van der Waals surface area contributed by atoms with Gasteiger partial charge in [-0.3, -0.25) is 14.4 Å². The molecule has 11 heteroatoms. The number of anilines is 1. The third-order valence-corrected chi connectivity index (χ3v) is 6.93. The summed E-state index contributed by atoms with van der Waals surface area (Å²) >= 11 is 0. The number of benzene rings is 2. The van der Waals surface area contributed by atoms with Crippen LogP contribution in [0.3, 0.4) is 0 Å². The second-order valence-electron chi connectivity index (χ2n) is 7.84. The Kier molecular flexibility index (Phi) is 5.42. The Bertz CT molecular complexity index is 1620. The van der Waals surface area contributed by atoms with Crippen molar-refractivity contribution in [3.63, 3.8) is 0 Å². The van der Waals surface area contributed by atoms with Gasteiger partial charge >= 0.3 is 0 Å². The molecule has 0 saturated carbocycles. The van der Waals surface area contributed by atoms with E-state index in [0.717, 1.165) is 22.1 Å². The Morgan fingerprint density at radius 1 is 1.21 bits per heavy atom. The first kappa shape index (κ1) is 21.9. The van der Waals surface area contributed by atoms with Gasteiger partial charge in [-0.1, -0.05) is 17.3 Å². The molecule has 0 aliphatic heterocycles. The van der Waals surface area contributed by atoms with Crippen LogP contribution in [0.15, 0.2) is 64.4 Å². The fraction of sp³-hybridized carbons (Fsp3) is 0.174. The van der Waals surface area contributed by atoms with Crippen molar-refractivity contribution < 1.29 is 17.7 Å². The van der Waals surface area contributed by atoms with E-state index < -0.39 is 10.0 Å². The van der Waals surface area contributed by atoms with E-state index in [1.807, 2.05) is 25.3 Å². The van der Waals surface area contributed by atoms with Gasteiger partial charge in [-0.2, -0.15) is 5.10 Å². The maximum atomic E-state index is 13.3. The summed E-state index contributed by atoms with van der Waals surface area (Å²) in [6, 6.07) is 10.4. The molecule has 0 bridgehead atoms. The van der Waals surface area contributed by atoms with E-state index >= 15 is 0 Å². The van der Waals surface area contributed by atoms with Crippen molar-refractivity contribution in [1.82, 2.24) is 19.9 Å². The lowest BCUT2D eigenvalue weighted by atomic mass is 10.1. The van der Waals surface area contributed by atoms with Gasteiger partial charge in [0, 0.05) is 29.9 Å². The molecule has 3 aromatic heterocycles.